The summed E-state index contributed by atoms with van der Waals surface area (Å²) in [6.45, 7) is 1.01. The molecule has 70 valence electrons. The fraction of sp³-hybridized carbons (Fsp3) is 0.875. The van der Waals surface area contributed by atoms with Crippen molar-refractivity contribution in [2.45, 2.75) is 38.8 Å². The number of ketones is 1. The zero-order valence-corrected chi connectivity index (χ0v) is 6.87. The second-order valence-electron chi connectivity index (χ2n) is 3.46. The fourth-order valence-corrected chi connectivity index (χ4v) is 1.48. The lowest BCUT2D eigenvalue weighted by molar-refractivity contribution is -0.220. The van der Waals surface area contributed by atoms with E-state index in [1.807, 2.05) is 0 Å². The number of rotatable bonds is 0. The van der Waals surface area contributed by atoms with Crippen molar-refractivity contribution in [2.24, 2.45) is 5.41 Å². The van der Waals surface area contributed by atoms with Crippen LogP contribution in [-0.2, 0) is 4.79 Å². The van der Waals surface area contributed by atoms with Gasteiger partial charge in [0.2, 0.25) is 0 Å². The van der Waals surface area contributed by atoms with Gasteiger partial charge in [0.25, 0.3) is 0 Å². The third kappa shape index (κ3) is 1.34. The Morgan fingerprint density at radius 3 is 2.25 bits per heavy atom. The van der Waals surface area contributed by atoms with Crippen LogP contribution >= 0.6 is 0 Å². The lowest BCUT2D eigenvalue weighted by Crippen LogP contribution is -2.44. The van der Waals surface area contributed by atoms with Gasteiger partial charge in [-0.15, -0.1) is 0 Å². The van der Waals surface area contributed by atoms with Crippen LogP contribution in [0.2, 0.25) is 0 Å². The molecule has 0 N–H and O–H groups in total. The van der Waals surface area contributed by atoms with E-state index in [9.17, 15) is 18.0 Å². The molecule has 1 aliphatic rings. The van der Waals surface area contributed by atoms with Crippen LogP contribution in [0.1, 0.15) is 32.6 Å². The summed E-state index contributed by atoms with van der Waals surface area (Å²) < 4.78 is 37.1. The molecule has 0 bridgehead atoms. The largest absolute Gasteiger partial charge is 0.401 e. The Bertz CT molecular complexity index is 197. The topological polar surface area (TPSA) is 17.1 Å². The van der Waals surface area contributed by atoms with Crippen LogP contribution in [0.15, 0.2) is 0 Å². The van der Waals surface area contributed by atoms with E-state index in [0.29, 0.717) is 12.8 Å². The van der Waals surface area contributed by atoms with E-state index < -0.39 is 17.4 Å². The highest BCUT2D eigenvalue weighted by Gasteiger charge is 2.56. The Kier molecular flexibility index (Phi) is 2.19. The number of hydrogen-bond donors (Lipinski definition) is 0. The minimum Gasteiger partial charge on any atom is -0.299 e. The maximum Gasteiger partial charge on any atom is 0.401 e. The van der Waals surface area contributed by atoms with Crippen molar-refractivity contribution in [3.8, 4) is 0 Å². The van der Waals surface area contributed by atoms with E-state index in [2.05, 4.69) is 0 Å². The molecule has 0 unspecified atom stereocenters. The Labute approximate surface area is 68.9 Å². The van der Waals surface area contributed by atoms with E-state index in [-0.39, 0.29) is 12.8 Å². The minimum atomic E-state index is -4.37. The van der Waals surface area contributed by atoms with Gasteiger partial charge >= 0.3 is 6.18 Å². The molecule has 0 aromatic rings. The molecule has 1 aliphatic carbocycles. The highest BCUT2D eigenvalue weighted by molar-refractivity contribution is 5.85. The summed E-state index contributed by atoms with van der Waals surface area (Å²) in [7, 11) is 0. The summed E-state index contributed by atoms with van der Waals surface area (Å²) in [6.07, 6.45) is -3.23. The molecule has 1 rings (SSSR count). The second-order valence-corrected chi connectivity index (χ2v) is 3.46. The van der Waals surface area contributed by atoms with Gasteiger partial charge in [-0.1, -0.05) is 6.42 Å². The predicted molar refractivity (Wildman–Crippen MR) is 37.6 cm³/mol. The van der Waals surface area contributed by atoms with Gasteiger partial charge in [0.15, 0.2) is 0 Å². The van der Waals surface area contributed by atoms with Crippen LogP contribution in [0.25, 0.3) is 0 Å². The summed E-state index contributed by atoms with van der Waals surface area (Å²) >= 11 is 0. The summed E-state index contributed by atoms with van der Waals surface area (Å²) in [5, 5.41) is 0. The molecule has 0 amide bonds. The van der Waals surface area contributed by atoms with Crippen molar-refractivity contribution in [2.75, 3.05) is 0 Å². The average Bonchev–Trinajstić information content (AvgIpc) is 1.93. The Morgan fingerprint density at radius 1 is 1.33 bits per heavy atom. The van der Waals surface area contributed by atoms with E-state index >= 15 is 0 Å². The van der Waals surface area contributed by atoms with Gasteiger partial charge in [-0.2, -0.15) is 13.2 Å². The van der Waals surface area contributed by atoms with E-state index in [1.165, 1.54) is 0 Å². The predicted octanol–water partition coefficient (Wildman–Crippen LogP) is 2.70. The third-order valence-electron chi connectivity index (χ3n) is 2.57. The lowest BCUT2D eigenvalue weighted by Gasteiger charge is -2.33. The highest BCUT2D eigenvalue weighted by Crippen LogP contribution is 2.46. The fourth-order valence-electron chi connectivity index (χ4n) is 1.48. The highest BCUT2D eigenvalue weighted by atomic mass is 19.4. The molecule has 12 heavy (non-hydrogen) atoms. The Morgan fingerprint density at radius 2 is 1.92 bits per heavy atom. The molecule has 0 aromatic heterocycles. The number of halogens is 3. The van der Waals surface area contributed by atoms with Gasteiger partial charge in [-0.25, -0.2) is 0 Å². The molecule has 1 fully saturated rings. The summed E-state index contributed by atoms with van der Waals surface area (Å²) in [4.78, 5) is 11.0. The first-order valence-corrected chi connectivity index (χ1v) is 3.98. The Hall–Kier alpha value is -0.540. The number of Topliss-reactive ketones (excluding diaryl/α,β-unsaturated/α-hetero) is 1. The van der Waals surface area contributed by atoms with Gasteiger partial charge in [0.1, 0.15) is 11.2 Å². The average molecular weight is 180 g/mol. The monoisotopic (exact) mass is 180 g/mol. The first kappa shape index (κ1) is 9.55. The first-order chi connectivity index (χ1) is 5.38. The normalized spacial score (nSPS) is 32.2. The van der Waals surface area contributed by atoms with Gasteiger partial charge < -0.3 is 0 Å². The number of carbonyl (C=O) groups is 1. The van der Waals surface area contributed by atoms with Crippen molar-refractivity contribution in [3.05, 3.63) is 0 Å². The minimum absolute atomic E-state index is 0.0463. The SMILES string of the molecule is C[C@]1(C(F)(F)F)CCCCC1=O. The molecule has 0 aliphatic heterocycles. The molecule has 1 nitrogen and oxygen atoms in total. The number of hydrogen-bond acceptors (Lipinski definition) is 1. The van der Waals surface area contributed by atoms with Gasteiger partial charge in [0.05, 0.1) is 0 Å². The van der Waals surface area contributed by atoms with Crippen LogP contribution in [0.5, 0.6) is 0 Å². The van der Waals surface area contributed by atoms with Crippen LogP contribution in [0.4, 0.5) is 13.2 Å². The van der Waals surface area contributed by atoms with Crippen LogP contribution in [-0.4, -0.2) is 12.0 Å². The summed E-state index contributed by atoms with van der Waals surface area (Å²) in [5.74, 6) is -0.652. The van der Waals surface area contributed by atoms with Crippen molar-refractivity contribution in [3.63, 3.8) is 0 Å². The van der Waals surface area contributed by atoms with Crippen LogP contribution < -0.4 is 0 Å². The lowest BCUT2D eigenvalue weighted by atomic mass is 9.74. The smallest absolute Gasteiger partial charge is 0.299 e. The van der Waals surface area contributed by atoms with Crippen molar-refractivity contribution in [1.29, 1.82) is 0 Å². The Balaban J connectivity index is 2.87. The van der Waals surface area contributed by atoms with Gasteiger partial charge in [-0.3, -0.25) is 4.79 Å². The molecular weight excluding hydrogens is 169 g/mol. The molecule has 0 aromatic carbocycles. The molecule has 0 spiro atoms. The molecule has 0 radical (unpaired) electrons. The molecule has 1 saturated carbocycles. The van der Waals surface area contributed by atoms with Crippen molar-refractivity contribution in [1.82, 2.24) is 0 Å². The van der Waals surface area contributed by atoms with Crippen LogP contribution in [0.3, 0.4) is 0 Å². The molecular formula is C8H11F3O. The molecule has 0 saturated heterocycles. The molecule has 4 heteroatoms. The molecule has 1 atom stereocenters. The van der Waals surface area contributed by atoms with E-state index in [4.69, 9.17) is 0 Å². The van der Waals surface area contributed by atoms with Crippen LogP contribution in [0, 0.1) is 5.41 Å². The van der Waals surface area contributed by atoms with Crippen molar-refractivity contribution >= 4 is 5.78 Å². The maximum atomic E-state index is 12.4. The molecule has 0 heterocycles. The standard InChI is InChI=1S/C8H11F3O/c1-7(8(9,10)11)5-3-2-4-6(7)12/h2-5H2,1H3/t7-/m0/s1. The van der Waals surface area contributed by atoms with Crippen molar-refractivity contribution < 1.29 is 18.0 Å². The quantitative estimate of drug-likeness (QED) is 0.560. The maximum absolute atomic E-state index is 12.4. The number of alkyl halides is 3. The van der Waals surface area contributed by atoms with Gasteiger partial charge in [0, 0.05) is 6.42 Å². The second kappa shape index (κ2) is 2.75. The first-order valence-electron chi connectivity index (χ1n) is 3.98. The van der Waals surface area contributed by atoms with Gasteiger partial charge in [-0.05, 0) is 19.8 Å². The van der Waals surface area contributed by atoms with E-state index in [1.54, 1.807) is 0 Å². The summed E-state index contributed by atoms with van der Waals surface area (Å²) in [6, 6.07) is 0. The number of carbonyl (C=O) groups excluding carboxylic acids is 1. The summed E-state index contributed by atoms with van der Waals surface area (Å²) in [5.41, 5.74) is -2.06. The third-order valence-corrected chi connectivity index (χ3v) is 2.57. The van der Waals surface area contributed by atoms with E-state index in [0.717, 1.165) is 6.92 Å². The zero-order chi connectivity index (χ0) is 9.41. The zero-order valence-electron chi connectivity index (χ0n) is 6.87.